The van der Waals surface area contributed by atoms with Gasteiger partial charge in [-0.05, 0) is 55.7 Å². The van der Waals surface area contributed by atoms with Crippen molar-refractivity contribution >= 4 is 0 Å². The third-order valence-corrected chi connectivity index (χ3v) is 3.94. The minimum Gasteiger partial charge on any atom is -0.0525 e. The molecule has 0 aromatic heterocycles. The van der Waals surface area contributed by atoms with Crippen LogP contribution >= 0.6 is 0 Å². The van der Waals surface area contributed by atoms with Crippen molar-refractivity contribution in [3.05, 3.63) is 0 Å². The summed E-state index contributed by atoms with van der Waals surface area (Å²) in [6, 6.07) is 0. The predicted octanol–water partition coefficient (Wildman–Crippen LogP) is 2.98. The average Bonchev–Trinajstić information content (AvgIpc) is 2.60. The molecular weight excluding hydrogens is 120 g/mol. The Bertz CT molecular complexity index is 216. The first kappa shape index (κ1) is 4.13. The molecule has 0 unspecified atom stereocenters. The zero-order valence-electron chi connectivity index (χ0n) is 8.34. The maximum absolute atomic E-state index is 8.06. The minimum absolute atomic E-state index is 0.0382. The molecule has 56 valence electrons. The standard InChI is InChI=1S/C10H16/c1-2-9-6-8-3-5-10(9,4-1)7-8/h8-9H,1-7H2/t8-,9+,10-/m1/s1/i3D,5D/t3-,5+,8-,9+,10-. The predicted molar refractivity (Wildman–Crippen MR) is 41.7 cm³/mol. The average molecular weight is 138 g/mol. The Morgan fingerprint density at radius 3 is 3.40 bits per heavy atom. The van der Waals surface area contributed by atoms with Gasteiger partial charge in [0.15, 0.2) is 0 Å². The van der Waals surface area contributed by atoms with Gasteiger partial charge in [-0.2, -0.15) is 0 Å². The van der Waals surface area contributed by atoms with Gasteiger partial charge in [0, 0.05) is 2.74 Å². The Hall–Kier alpha value is 0. The van der Waals surface area contributed by atoms with Crippen LogP contribution in [0.4, 0.5) is 0 Å². The van der Waals surface area contributed by atoms with Crippen LogP contribution in [0.15, 0.2) is 0 Å². The summed E-state index contributed by atoms with van der Waals surface area (Å²) in [5.41, 5.74) is 0.330. The molecule has 3 aliphatic rings. The molecule has 10 heavy (non-hydrogen) atoms. The van der Waals surface area contributed by atoms with Crippen molar-refractivity contribution in [1.29, 1.82) is 0 Å². The molecule has 5 atom stereocenters. The highest BCUT2D eigenvalue weighted by Crippen LogP contribution is 2.64. The molecule has 0 heterocycles. The molecule has 0 saturated heterocycles. The van der Waals surface area contributed by atoms with E-state index in [2.05, 4.69) is 0 Å². The molecular formula is C10H16. The lowest BCUT2D eigenvalue weighted by Gasteiger charge is -2.27. The molecule has 0 aromatic carbocycles. The molecule has 0 heteroatoms. The molecule has 0 aliphatic heterocycles. The van der Waals surface area contributed by atoms with Crippen molar-refractivity contribution in [2.45, 2.75) is 44.9 Å². The fourth-order valence-electron chi connectivity index (χ4n) is 3.49. The van der Waals surface area contributed by atoms with Crippen LogP contribution in [0.2, 0.25) is 0 Å². The molecule has 3 rings (SSSR count). The van der Waals surface area contributed by atoms with Gasteiger partial charge in [-0.3, -0.25) is 0 Å². The van der Waals surface area contributed by atoms with Crippen molar-refractivity contribution < 1.29 is 2.74 Å². The van der Waals surface area contributed by atoms with E-state index in [1.807, 2.05) is 0 Å². The van der Waals surface area contributed by atoms with Crippen LogP contribution in [0, 0.1) is 17.3 Å². The molecule has 1 spiro atoms. The molecule has 0 radical (unpaired) electrons. The maximum Gasteiger partial charge on any atom is 0.0272 e. The largest absolute Gasteiger partial charge is 0.0525 e. The molecule has 3 aliphatic carbocycles. The number of hydrogen-bond donors (Lipinski definition) is 0. The van der Waals surface area contributed by atoms with Crippen LogP contribution in [-0.2, 0) is 0 Å². The monoisotopic (exact) mass is 138 g/mol. The van der Waals surface area contributed by atoms with Gasteiger partial charge in [-0.25, -0.2) is 0 Å². The van der Waals surface area contributed by atoms with E-state index in [-0.39, 0.29) is 12.8 Å². The molecule has 0 amide bonds. The lowest BCUT2D eigenvalue weighted by Crippen LogP contribution is -2.18. The zero-order valence-corrected chi connectivity index (χ0v) is 6.34. The van der Waals surface area contributed by atoms with Crippen LogP contribution in [0.3, 0.4) is 0 Å². The molecule has 3 fully saturated rings. The van der Waals surface area contributed by atoms with E-state index in [0.29, 0.717) is 11.3 Å². The van der Waals surface area contributed by atoms with E-state index >= 15 is 0 Å². The van der Waals surface area contributed by atoms with Crippen molar-refractivity contribution in [2.24, 2.45) is 17.3 Å². The Kier molecular flexibility index (Phi) is 0.659. The van der Waals surface area contributed by atoms with Gasteiger partial charge in [0.05, 0.1) is 0 Å². The first-order chi connectivity index (χ1) is 5.74. The first-order valence-corrected chi connectivity index (χ1v) is 4.58. The number of rotatable bonds is 0. The summed E-state index contributed by atoms with van der Waals surface area (Å²) in [4.78, 5) is 0. The van der Waals surface area contributed by atoms with Crippen molar-refractivity contribution in [2.75, 3.05) is 0 Å². The van der Waals surface area contributed by atoms with Gasteiger partial charge in [0.25, 0.3) is 0 Å². The second-order valence-electron chi connectivity index (χ2n) is 4.38. The first-order valence-electron chi connectivity index (χ1n) is 5.74. The van der Waals surface area contributed by atoms with E-state index in [0.717, 1.165) is 5.92 Å². The van der Waals surface area contributed by atoms with E-state index < -0.39 is 0 Å². The molecule has 0 N–H and O–H groups in total. The van der Waals surface area contributed by atoms with Gasteiger partial charge < -0.3 is 0 Å². The van der Waals surface area contributed by atoms with Crippen molar-refractivity contribution in [1.82, 2.24) is 0 Å². The van der Waals surface area contributed by atoms with E-state index in [1.165, 1.54) is 32.1 Å². The smallest absolute Gasteiger partial charge is 0.0272 e. The maximum atomic E-state index is 8.06. The van der Waals surface area contributed by atoms with Crippen molar-refractivity contribution in [3.8, 4) is 0 Å². The summed E-state index contributed by atoms with van der Waals surface area (Å²) in [6.07, 6.45) is 6.38. The third-order valence-electron chi connectivity index (χ3n) is 3.94. The Morgan fingerprint density at radius 2 is 2.50 bits per heavy atom. The summed E-state index contributed by atoms with van der Waals surface area (Å²) in [5.74, 6) is 1.43. The van der Waals surface area contributed by atoms with E-state index in [1.54, 1.807) is 0 Å². The zero-order chi connectivity index (χ0) is 8.34. The van der Waals surface area contributed by atoms with Crippen LogP contribution in [0.25, 0.3) is 0 Å². The normalized spacial score (nSPS) is 75.2. The molecule has 3 saturated carbocycles. The van der Waals surface area contributed by atoms with Gasteiger partial charge in [0.2, 0.25) is 0 Å². The van der Waals surface area contributed by atoms with Crippen LogP contribution in [0.1, 0.15) is 47.6 Å². The van der Waals surface area contributed by atoms with Crippen LogP contribution < -0.4 is 0 Å². The fraction of sp³-hybridized carbons (Fsp3) is 1.00. The molecule has 2 bridgehead atoms. The van der Waals surface area contributed by atoms with Crippen LogP contribution in [-0.4, -0.2) is 0 Å². The summed E-state index contributed by atoms with van der Waals surface area (Å²) in [5, 5.41) is 0. The Balaban J connectivity index is 2.00. The number of hydrogen-bond acceptors (Lipinski definition) is 0. The Labute approximate surface area is 65.8 Å². The second-order valence-corrected chi connectivity index (χ2v) is 4.38. The fourth-order valence-corrected chi connectivity index (χ4v) is 3.49. The van der Waals surface area contributed by atoms with Gasteiger partial charge in [-0.15, -0.1) is 0 Å². The highest BCUT2D eigenvalue weighted by Gasteiger charge is 2.53. The lowest BCUT2D eigenvalue weighted by molar-refractivity contribution is 0.227. The minimum atomic E-state index is -0.0423. The van der Waals surface area contributed by atoms with E-state index in [9.17, 15) is 0 Å². The summed E-state index contributed by atoms with van der Waals surface area (Å²) >= 11 is 0. The third kappa shape index (κ3) is 0.500. The van der Waals surface area contributed by atoms with Gasteiger partial charge >= 0.3 is 0 Å². The highest BCUT2D eigenvalue weighted by molar-refractivity contribution is 5.04. The number of fused-ring (bicyclic) bond motifs is 1. The SMILES string of the molecule is [2H][C@H]1[C@@H]2C[C@@H]3CCC[C@]3(C2)[C@H]1[2H]. The van der Waals surface area contributed by atoms with Gasteiger partial charge in [0.1, 0.15) is 0 Å². The quantitative estimate of drug-likeness (QED) is 0.482. The topological polar surface area (TPSA) is 0 Å². The summed E-state index contributed by atoms with van der Waals surface area (Å²) in [7, 11) is 0. The van der Waals surface area contributed by atoms with Crippen LogP contribution in [0.5, 0.6) is 0 Å². The summed E-state index contributed by atoms with van der Waals surface area (Å²) < 4.78 is 15.9. The van der Waals surface area contributed by atoms with E-state index in [4.69, 9.17) is 2.74 Å². The Morgan fingerprint density at radius 1 is 1.50 bits per heavy atom. The summed E-state index contributed by atoms with van der Waals surface area (Å²) in [6.45, 7) is 0. The van der Waals surface area contributed by atoms with Crippen molar-refractivity contribution in [3.63, 3.8) is 0 Å². The lowest BCUT2D eigenvalue weighted by atomic mass is 9.78. The molecule has 0 aromatic rings. The molecule has 0 nitrogen and oxygen atoms in total. The van der Waals surface area contributed by atoms with Gasteiger partial charge in [-0.1, -0.05) is 6.42 Å². The highest BCUT2D eigenvalue weighted by atomic mass is 14.6. The second kappa shape index (κ2) is 1.60.